The Morgan fingerprint density at radius 3 is 2.24 bits per heavy atom. The van der Waals surface area contributed by atoms with E-state index in [9.17, 15) is 9.59 Å². The third kappa shape index (κ3) is 3.06. The van der Waals surface area contributed by atoms with Crippen molar-refractivity contribution in [3.8, 4) is 11.1 Å². The van der Waals surface area contributed by atoms with E-state index in [0.29, 0.717) is 6.42 Å². The first-order valence-corrected chi connectivity index (χ1v) is 8.93. The van der Waals surface area contributed by atoms with Crippen LogP contribution < -0.4 is 0 Å². The molecule has 1 saturated carbocycles. The van der Waals surface area contributed by atoms with Crippen molar-refractivity contribution in [3.63, 3.8) is 0 Å². The number of aryl methyl sites for hydroxylation is 1. The molecule has 0 heterocycles. The summed E-state index contributed by atoms with van der Waals surface area (Å²) in [7, 11) is 0. The lowest BCUT2D eigenvalue weighted by Gasteiger charge is -2.38. The Labute approximate surface area is 150 Å². The molecule has 2 aromatic carbocycles. The first-order valence-electron chi connectivity index (χ1n) is 8.93. The molecule has 2 nitrogen and oxygen atoms in total. The van der Waals surface area contributed by atoms with Gasteiger partial charge in [-0.1, -0.05) is 50.2 Å². The summed E-state index contributed by atoms with van der Waals surface area (Å²) in [5.41, 5.74) is 6.81. The molecule has 0 aromatic heterocycles. The summed E-state index contributed by atoms with van der Waals surface area (Å²) in [6.07, 6.45) is 0.526. The third-order valence-electron chi connectivity index (χ3n) is 5.75. The van der Waals surface area contributed by atoms with Crippen LogP contribution in [0, 0.1) is 26.2 Å². The zero-order valence-electron chi connectivity index (χ0n) is 15.8. The van der Waals surface area contributed by atoms with E-state index in [1.54, 1.807) is 0 Å². The maximum atomic E-state index is 12.8. The highest BCUT2D eigenvalue weighted by molar-refractivity contribution is 6.06. The van der Waals surface area contributed by atoms with Crippen LogP contribution in [0.5, 0.6) is 0 Å². The third-order valence-corrected chi connectivity index (χ3v) is 5.75. The smallest absolute Gasteiger partial charge is 0.148 e. The van der Waals surface area contributed by atoms with Crippen molar-refractivity contribution in [3.05, 3.63) is 58.7 Å². The minimum atomic E-state index is -0.351. The summed E-state index contributed by atoms with van der Waals surface area (Å²) < 4.78 is 0. The fourth-order valence-corrected chi connectivity index (χ4v) is 4.24. The predicted molar refractivity (Wildman–Crippen MR) is 102 cm³/mol. The molecular formula is C23H26O2. The van der Waals surface area contributed by atoms with Gasteiger partial charge in [0.2, 0.25) is 0 Å². The van der Waals surface area contributed by atoms with Gasteiger partial charge in [-0.3, -0.25) is 9.59 Å². The number of carbonyl (C=O) groups is 2. The van der Waals surface area contributed by atoms with Crippen LogP contribution in [-0.4, -0.2) is 11.6 Å². The molecule has 2 aromatic rings. The van der Waals surface area contributed by atoms with E-state index in [4.69, 9.17) is 0 Å². The standard InChI is InChI=1S/C23H26O2/c1-14-10-11-18(16(3)15(14)2)19-8-6-7-9-20(19)22-21(25)12-17(24)13-23(22,4)5/h6-11,22H,12-13H2,1-5H3. The Morgan fingerprint density at radius 1 is 0.880 bits per heavy atom. The lowest BCUT2D eigenvalue weighted by molar-refractivity contribution is -0.135. The van der Waals surface area contributed by atoms with E-state index in [0.717, 1.165) is 11.1 Å². The van der Waals surface area contributed by atoms with E-state index in [1.165, 1.54) is 22.3 Å². The van der Waals surface area contributed by atoms with Crippen LogP contribution in [0.3, 0.4) is 0 Å². The first kappa shape index (κ1) is 17.6. The van der Waals surface area contributed by atoms with Crippen molar-refractivity contribution in [1.82, 2.24) is 0 Å². The summed E-state index contributed by atoms with van der Waals surface area (Å²) >= 11 is 0. The number of rotatable bonds is 2. The number of Topliss-reactive ketones (excluding diaryl/α,β-unsaturated/α-hetero) is 2. The van der Waals surface area contributed by atoms with E-state index in [-0.39, 0.29) is 29.3 Å². The zero-order valence-corrected chi connectivity index (χ0v) is 15.8. The molecule has 0 N–H and O–H groups in total. The van der Waals surface area contributed by atoms with Crippen LogP contribution in [-0.2, 0) is 9.59 Å². The van der Waals surface area contributed by atoms with Crippen LogP contribution in [0.15, 0.2) is 36.4 Å². The highest BCUT2D eigenvalue weighted by Crippen LogP contribution is 2.46. The SMILES string of the molecule is Cc1ccc(-c2ccccc2C2C(=O)CC(=O)CC2(C)C)c(C)c1C. The van der Waals surface area contributed by atoms with Gasteiger partial charge in [0.15, 0.2) is 0 Å². The van der Waals surface area contributed by atoms with Crippen molar-refractivity contribution < 1.29 is 9.59 Å². The summed E-state index contributed by atoms with van der Waals surface area (Å²) in [5.74, 6) is -0.122. The topological polar surface area (TPSA) is 34.1 Å². The van der Waals surface area contributed by atoms with E-state index in [2.05, 4.69) is 45.0 Å². The molecular weight excluding hydrogens is 308 g/mol. The molecule has 130 valence electrons. The van der Waals surface area contributed by atoms with Crippen LogP contribution >= 0.6 is 0 Å². The summed E-state index contributed by atoms with van der Waals surface area (Å²) in [6.45, 7) is 10.5. The molecule has 0 amide bonds. The normalized spacial score (nSPS) is 20.0. The summed E-state index contributed by atoms with van der Waals surface area (Å²) in [5, 5.41) is 0. The molecule has 1 fully saturated rings. The minimum absolute atomic E-state index is 0.0511. The van der Waals surface area contributed by atoms with Crippen LogP contribution in [0.1, 0.15) is 54.9 Å². The average Bonchev–Trinajstić information content (AvgIpc) is 2.52. The van der Waals surface area contributed by atoms with Crippen LogP contribution in [0.25, 0.3) is 11.1 Å². The number of hydrogen-bond donors (Lipinski definition) is 0. The lowest BCUT2D eigenvalue weighted by Crippen LogP contribution is -2.38. The number of carbonyl (C=O) groups excluding carboxylic acids is 2. The predicted octanol–water partition coefficient (Wildman–Crippen LogP) is 5.32. The van der Waals surface area contributed by atoms with Gasteiger partial charge in [-0.25, -0.2) is 0 Å². The number of hydrogen-bond acceptors (Lipinski definition) is 2. The highest BCUT2D eigenvalue weighted by Gasteiger charge is 2.43. The second-order valence-electron chi connectivity index (χ2n) is 8.05. The lowest BCUT2D eigenvalue weighted by atomic mass is 9.64. The molecule has 25 heavy (non-hydrogen) atoms. The Balaban J connectivity index is 2.19. The minimum Gasteiger partial charge on any atom is -0.299 e. The Hall–Kier alpha value is -2.22. The van der Waals surface area contributed by atoms with Gasteiger partial charge in [-0.05, 0) is 59.6 Å². The quantitative estimate of drug-likeness (QED) is 0.696. The fourth-order valence-electron chi connectivity index (χ4n) is 4.24. The van der Waals surface area contributed by atoms with E-state index >= 15 is 0 Å². The Bertz CT molecular complexity index is 858. The average molecular weight is 334 g/mol. The van der Waals surface area contributed by atoms with Gasteiger partial charge in [0.25, 0.3) is 0 Å². The van der Waals surface area contributed by atoms with Crippen molar-refractivity contribution in [2.24, 2.45) is 5.41 Å². The molecule has 1 atom stereocenters. The number of ketones is 2. The van der Waals surface area contributed by atoms with Gasteiger partial charge in [-0.15, -0.1) is 0 Å². The molecule has 0 aliphatic heterocycles. The van der Waals surface area contributed by atoms with Crippen molar-refractivity contribution >= 4 is 11.6 Å². The zero-order chi connectivity index (χ0) is 18.4. The van der Waals surface area contributed by atoms with Crippen LogP contribution in [0.4, 0.5) is 0 Å². The molecule has 0 saturated heterocycles. The fraction of sp³-hybridized carbons (Fsp3) is 0.391. The molecule has 1 aliphatic rings. The first-order chi connectivity index (χ1) is 11.7. The van der Waals surface area contributed by atoms with E-state index in [1.807, 2.05) is 26.0 Å². The Kier molecular flexibility index (Phi) is 4.40. The van der Waals surface area contributed by atoms with Crippen molar-refractivity contribution in [1.29, 1.82) is 0 Å². The highest BCUT2D eigenvalue weighted by atomic mass is 16.1. The van der Waals surface area contributed by atoms with Crippen molar-refractivity contribution in [2.45, 2.75) is 53.4 Å². The molecule has 0 spiro atoms. The largest absolute Gasteiger partial charge is 0.299 e. The monoisotopic (exact) mass is 334 g/mol. The molecule has 0 bridgehead atoms. The molecule has 2 heteroatoms. The molecule has 1 unspecified atom stereocenters. The molecule has 1 aliphatic carbocycles. The Morgan fingerprint density at radius 2 is 1.56 bits per heavy atom. The second-order valence-corrected chi connectivity index (χ2v) is 8.05. The maximum Gasteiger partial charge on any atom is 0.148 e. The number of benzene rings is 2. The van der Waals surface area contributed by atoms with Crippen LogP contribution in [0.2, 0.25) is 0 Å². The summed E-state index contributed by atoms with van der Waals surface area (Å²) in [4.78, 5) is 24.7. The van der Waals surface area contributed by atoms with Gasteiger partial charge in [0.05, 0.1) is 6.42 Å². The molecule has 0 radical (unpaired) electrons. The second kappa shape index (κ2) is 6.25. The van der Waals surface area contributed by atoms with Gasteiger partial charge in [-0.2, -0.15) is 0 Å². The van der Waals surface area contributed by atoms with E-state index < -0.39 is 0 Å². The van der Waals surface area contributed by atoms with Crippen molar-refractivity contribution in [2.75, 3.05) is 0 Å². The maximum absolute atomic E-state index is 12.8. The van der Waals surface area contributed by atoms with Gasteiger partial charge in [0, 0.05) is 12.3 Å². The van der Waals surface area contributed by atoms with Gasteiger partial charge >= 0.3 is 0 Å². The molecule has 3 rings (SSSR count). The summed E-state index contributed by atoms with van der Waals surface area (Å²) in [6, 6.07) is 12.5. The van der Waals surface area contributed by atoms with Gasteiger partial charge < -0.3 is 0 Å². The van der Waals surface area contributed by atoms with Gasteiger partial charge in [0.1, 0.15) is 11.6 Å².